The lowest BCUT2D eigenvalue weighted by Gasteiger charge is -2.17. The standard InChI is InChI=1S/C17H19F3N4O2/c1-11-4-5-12(2)13(8-11)21-15(25)9-23(3)16(26)10-24-7-6-14(22-24)17(18,19)20/h4-8H,9-10H2,1-3H3,(H,21,25). The Balaban J connectivity index is 1.93. The lowest BCUT2D eigenvalue weighted by atomic mass is 10.1. The van der Waals surface area contributed by atoms with Gasteiger partial charge in [0.15, 0.2) is 5.69 Å². The summed E-state index contributed by atoms with van der Waals surface area (Å²) in [5, 5.41) is 6.04. The van der Waals surface area contributed by atoms with Gasteiger partial charge in [-0.05, 0) is 37.1 Å². The number of nitrogens with one attached hydrogen (secondary N) is 1. The van der Waals surface area contributed by atoms with Crippen LogP contribution < -0.4 is 5.32 Å². The Morgan fingerprint density at radius 3 is 2.54 bits per heavy atom. The highest BCUT2D eigenvalue weighted by Gasteiger charge is 2.33. The number of aromatic nitrogens is 2. The molecule has 0 atom stereocenters. The molecule has 6 nitrogen and oxygen atoms in total. The SMILES string of the molecule is Cc1ccc(C)c(NC(=O)CN(C)C(=O)Cn2ccc(C(F)(F)F)n2)c1. The highest BCUT2D eigenvalue weighted by molar-refractivity contribution is 5.95. The fourth-order valence-electron chi connectivity index (χ4n) is 2.22. The molecule has 0 bridgehead atoms. The second-order valence-electron chi connectivity index (χ2n) is 6.01. The van der Waals surface area contributed by atoms with Crippen LogP contribution in [0.2, 0.25) is 0 Å². The minimum Gasteiger partial charge on any atom is -0.335 e. The number of likely N-dealkylation sites (N-methyl/N-ethyl adjacent to an activating group) is 1. The van der Waals surface area contributed by atoms with Crippen molar-refractivity contribution in [2.45, 2.75) is 26.6 Å². The summed E-state index contributed by atoms with van der Waals surface area (Å²) in [6.07, 6.45) is -3.49. The molecule has 0 saturated carbocycles. The van der Waals surface area contributed by atoms with E-state index < -0.39 is 23.7 Å². The van der Waals surface area contributed by atoms with Gasteiger partial charge in [0.1, 0.15) is 6.54 Å². The first-order valence-electron chi connectivity index (χ1n) is 7.78. The fraction of sp³-hybridized carbons (Fsp3) is 0.353. The Morgan fingerprint density at radius 1 is 1.23 bits per heavy atom. The molecule has 2 rings (SSSR count). The largest absolute Gasteiger partial charge is 0.435 e. The van der Waals surface area contributed by atoms with Crippen LogP contribution in [0.3, 0.4) is 0 Å². The van der Waals surface area contributed by atoms with Crippen LogP contribution in [-0.4, -0.2) is 40.1 Å². The summed E-state index contributed by atoms with van der Waals surface area (Å²) < 4.78 is 38.4. The van der Waals surface area contributed by atoms with Crippen molar-refractivity contribution in [3.05, 3.63) is 47.3 Å². The van der Waals surface area contributed by atoms with E-state index in [2.05, 4.69) is 10.4 Å². The Kier molecular flexibility index (Phi) is 5.69. The normalized spacial score (nSPS) is 11.3. The summed E-state index contributed by atoms with van der Waals surface area (Å²) in [5.41, 5.74) is 1.45. The summed E-state index contributed by atoms with van der Waals surface area (Å²) in [6, 6.07) is 6.40. The zero-order chi connectivity index (χ0) is 19.5. The number of benzene rings is 1. The number of hydrogen-bond acceptors (Lipinski definition) is 3. The summed E-state index contributed by atoms with van der Waals surface area (Å²) in [5.74, 6) is -0.927. The minimum absolute atomic E-state index is 0.223. The number of carbonyl (C=O) groups is 2. The van der Waals surface area contributed by atoms with Crippen LogP contribution in [0.5, 0.6) is 0 Å². The predicted molar refractivity (Wildman–Crippen MR) is 89.4 cm³/mol. The molecule has 0 spiro atoms. The molecule has 0 aliphatic carbocycles. The zero-order valence-electron chi connectivity index (χ0n) is 14.6. The molecule has 1 N–H and O–H groups in total. The third-order valence-corrected chi connectivity index (χ3v) is 3.70. The number of amides is 2. The van der Waals surface area contributed by atoms with Gasteiger partial charge in [-0.1, -0.05) is 12.1 Å². The van der Waals surface area contributed by atoms with Crippen LogP contribution >= 0.6 is 0 Å². The topological polar surface area (TPSA) is 67.2 Å². The van der Waals surface area contributed by atoms with Gasteiger partial charge < -0.3 is 10.2 Å². The molecular weight excluding hydrogens is 349 g/mol. The number of aryl methyl sites for hydroxylation is 2. The maximum atomic E-state index is 12.5. The quantitative estimate of drug-likeness (QED) is 0.882. The summed E-state index contributed by atoms with van der Waals surface area (Å²) >= 11 is 0. The van der Waals surface area contributed by atoms with Crippen molar-refractivity contribution in [3.8, 4) is 0 Å². The highest BCUT2D eigenvalue weighted by atomic mass is 19.4. The monoisotopic (exact) mass is 368 g/mol. The van der Waals surface area contributed by atoms with Crippen molar-refractivity contribution in [3.63, 3.8) is 0 Å². The van der Waals surface area contributed by atoms with E-state index in [4.69, 9.17) is 0 Å². The van der Waals surface area contributed by atoms with Gasteiger partial charge in [0.2, 0.25) is 11.8 Å². The summed E-state index contributed by atoms with van der Waals surface area (Å²) in [6.45, 7) is 3.13. The van der Waals surface area contributed by atoms with Crippen LogP contribution in [0.25, 0.3) is 0 Å². The molecule has 2 amide bonds. The first-order chi connectivity index (χ1) is 12.1. The van der Waals surface area contributed by atoms with Gasteiger partial charge in [0, 0.05) is 18.9 Å². The minimum atomic E-state index is -4.56. The van der Waals surface area contributed by atoms with E-state index in [-0.39, 0.29) is 13.1 Å². The summed E-state index contributed by atoms with van der Waals surface area (Å²) in [7, 11) is 1.40. The van der Waals surface area contributed by atoms with Crippen LogP contribution in [-0.2, 0) is 22.3 Å². The first-order valence-corrected chi connectivity index (χ1v) is 7.78. The number of alkyl halides is 3. The highest BCUT2D eigenvalue weighted by Crippen LogP contribution is 2.27. The molecule has 26 heavy (non-hydrogen) atoms. The van der Waals surface area contributed by atoms with E-state index in [1.807, 2.05) is 32.0 Å². The van der Waals surface area contributed by atoms with Gasteiger partial charge in [0.05, 0.1) is 6.54 Å². The lowest BCUT2D eigenvalue weighted by Crippen LogP contribution is -2.37. The van der Waals surface area contributed by atoms with Crippen molar-refractivity contribution in [2.24, 2.45) is 0 Å². The van der Waals surface area contributed by atoms with Crippen molar-refractivity contribution in [1.82, 2.24) is 14.7 Å². The second-order valence-corrected chi connectivity index (χ2v) is 6.01. The molecule has 0 radical (unpaired) electrons. The molecule has 9 heteroatoms. The third kappa shape index (κ3) is 5.08. The maximum absolute atomic E-state index is 12.5. The van der Waals surface area contributed by atoms with Crippen LogP contribution in [0.4, 0.5) is 18.9 Å². The van der Waals surface area contributed by atoms with Gasteiger partial charge in [-0.2, -0.15) is 18.3 Å². The van der Waals surface area contributed by atoms with Crippen molar-refractivity contribution in [1.29, 1.82) is 0 Å². The molecule has 1 aromatic carbocycles. The number of hydrogen-bond donors (Lipinski definition) is 1. The molecule has 0 fully saturated rings. The number of nitrogens with zero attached hydrogens (tertiary/aromatic N) is 3. The lowest BCUT2D eigenvalue weighted by molar-refractivity contribution is -0.142. The van der Waals surface area contributed by atoms with Gasteiger partial charge >= 0.3 is 6.18 Å². The average Bonchev–Trinajstić information content (AvgIpc) is 2.99. The van der Waals surface area contributed by atoms with E-state index in [1.54, 1.807) is 0 Å². The fourth-order valence-corrected chi connectivity index (χ4v) is 2.22. The van der Waals surface area contributed by atoms with E-state index in [0.29, 0.717) is 5.69 Å². The Labute approximate surface area is 148 Å². The summed E-state index contributed by atoms with van der Waals surface area (Å²) in [4.78, 5) is 25.3. The van der Waals surface area contributed by atoms with Crippen molar-refractivity contribution >= 4 is 17.5 Å². The average molecular weight is 368 g/mol. The smallest absolute Gasteiger partial charge is 0.335 e. The molecule has 140 valence electrons. The van der Waals surface area contributed by atoms with E-state index in [1.165, 1.54) is 7.05 Å². The number of carbonyl (C=O) groups excluding carboxylic acids is 2. The Morgan fingerprint density at radius 2 is 1.92 bits per heavy atom. The molecule has 0 aliphatic heterocycles. The predicted octanol–water partition coefficient (Wildman–Crippen LogP) is 2.62. The van der Waals surface area contributed by atoms with Gasteiger partial charge in [-0.3, -0.25) is 14.3 Å². The molecule has 1 heterocycles. The van der Waals surface area contributed by atoms with Crippen molar-refractivity contribution in [2.75, 3.05) is 18.9 Å². The molecule has 2 aromatic rings. The van der Waals surface area contributed by atoms with Crippen LogP contribution in [0, 0.1) is 13.8 Å². The molecule has 1 aromatic heterocycles. The third-order valence-electron chi connectivity index (χ3n) is 3.70. The van der Waals surface area contributed by atoms with Gasteiger partial charge in [0.25, 0.3) is 0 Å². The van der Waals surface area contributed by atoms with Crippen molar-refractivity contribution < 1.29 is 22.8 Å². The van der Waals surface area contributed by atoms with Crippen LogP contribution in [0.15, 0.2) is 30.5 Å². The zero-order valence-corrected chi connectivity index (χ0v) is 14.6. The number of halogens is 3. The van der Waals surface area contributed by atoms with E-state index >= 15 is 0 Å². The molecule has 0 saturated heterocycles. The Bertz CT molecular complexity index is 815. The molecular formula is C17H19F3N4O2. The second kappa shape index (κ2) is 7.59. The van der Waals surface area contributed by atoms with Gasteiger partial charge in [-0.15, -0.1) is 0 Å². The number of anilines is 1. The first kappa shape index (κ1) is 19.5. The van der Waals surface area contributed by atoms with Gasteiger partial charge in [-0.25, -0.2) is 0 Å². The Hall–Kier alpha value is -2.84. The van der Waals surface area contributed by atoms with Crippen LogP contribution in [0.1, 0.15) is 16.8 Å². The van der Waals surface area contributed by atoms with E-state index in [0.717, 1.165) is 33.0 Å². The maximum Gasteiger partial charge on any atom is 0.435 e. The molecule has 0 unspecified atom stereocenters. The number of rotatable bonds is 5. The van der Waals surface area contributed by atoms with E-state index in [9.17, 15) is 22.8 Å². The molecule has 0 aliphatic rings.